The number of pyridine rings is 1. The van der Waals surface area contributed by atoms with Gasteiger partial charge in [-0.3, -0.25) is 9.79 Å². The molecule has 2 aromatic heterocycles. The Kier molecular flexibility index (Phi) is 6.58. The van der Waals surface area contributed by atoms with E-state index in [2.05, 4.69) is 26.9 Å². The summed E-state index contributed by atoms with van der Waals surface area (Å²) in [7, 11) is 1.69. The lowest BCUT2D eigenvalue weighted by atomic mass is 10.1. The number of hydrogen-bond acceptors (Lipinski definition) is 4. The van der Waals surface area contributed by atoms with E-state index in [4.69, 9.17) is 0 Å². The minimum absolute atomic E-state index is 0.0600. The minimum atomic E-state index is -0.591. The molecular weight excluding hydrogens is 431 g/mol. The molecule has 1 fully saturated rings. The molecule has 0 bridgehead atoms. The summed E-state index contributed by atoms with van der Waals surface area (Å²) in [6.45, 7) is 9.97. The highest BCUT2D eigenvalue weighted by Crippen LogP contribution is 2.39. The lowest BCUT2D eigenvalue weighted by molar-refractivity contribution is 0.102. The van der Waals surface area contributed by atoms with Crippen molar-refractivity contribution in [3.05, 3.63) is 77.8 Å². The normalized spacial score (nSPS) is 13.5. The third-order valence-electron chi connectivity index (χ3n) is 5.80. The Bertz CT molecular complexity index is 1260. The number of aromatic nitrogens is 3. The van der Waals surface area contributed by atoms with Gasteiger partial charge in [0.05, 0.1) is 41.0 Å². The molecule has 0 aliphatic heterocycles. The van der Waals surface area contributed by atoms with Gasteiger partial charge in [0, 0.05) is 25.2 Å². The summed E-state index contributed by atoms with van der Waals surface area (Å²) in [5, 5.41) is 2.72. The van der Waals surface area contributed by atoms with Gasteiger partial charge in [-0.05, 0) is 63.4 Å². The monoisotopic (exact) mass is 460 g/mol. The largest absolute Gasteiger partial charge is 0.329 e. The maximum Gasteiger partial charge on any atom is 0.259 e. The average molecular weight is 461 g/mol. The van der Waals surface area contributed by atoms with Gasteiger partial charge in [-0.2, -0.15) is 0 Å². The fourth-order valence-electron chi connectivity index (χ4n) is 3.79. The van der Waals surface area contributed by atoms with Gasteiger partial charge in [-0.1, -0.05) is 12.6 Å². The third-order valence-corrected chi connectivity index (χ3v) is 5.80. The summed E-state index contributed by atoms with van der Waals surface area (Å²) >= 11 is 0. The molecule has 0 unspecified atom stereocenters. The van der Waals surface area contributed by atoms with E-state index in [-0.39, 0.29) is 11.6 Å². The number of anilines is 1. The predicted octanol–water partition coefficient (Wildman–Crippen LogP) is 5.18. The minimum Gasteiger partial charge on any atom is -0.329 e. The molecule has 1 amide bonds. The van der Waals surface area contributed by atoms with Crippen molar-refractivity contribution in [2.75, 3.05) is 12.4 Å². The first-order valence-electron chi connectivity index (χ1n) is 11.3. The fourth-order valence-corrected chi connectivity index (χ4v) is 3.79. The van der Waals surface area contributed by atoms with Gasteiger partial charge < -0.3 is 14.8 Å². The Morgan fingerprint density at radius 1 is 1.35 bits per heavy atom. The predicted molar refractivity (Wildman–Crippen MR) is 133 cm³/mol. The lowest BCUT2D eigenvalue weighted by Gasteiger charge is -2.25. The molecule has 2 heterocycles. The van der Waals surface area contributed by atoms with Crippen molar-refractivity contribution in [2.45, 2.75) is 45.6 Å². The van der Waals surface area contributed by atoms with Gasteiger partial charge >= 0.3 is 0 Å². The summed E-state index contributed by atoms with van der Waals surface area (Å²) < 4.78 is 16.6. The van der Waals surface area contributed by atoms with Crippen LogP contribution in [0.25, 0.3) is 11.4 Å². The van der Waals surface area contributed by atoms with Crippen LogP contribution < -0.4 is 5.32 Å². The van der Waals surface area contributed by atoms with Crippen LogP contribution in [0.2, 0.25) is 0 Å². The molecule has 34 heavy (non-hydrogen) atoms. The number of carbonyl (C=O) groups is 1. The smallest absolute Gasteiger partial charge is 0.259 e. The average Bonchev–Trinajstić information content (AvgIpc) is 3.54. The second kappa shape index (κ2) is 9.59. The second-order valence-electron chi connectivity index (χ2n) is 8.78. The molecular formula is C26H29FN6O. The number of rotatable bonds is 8. The molecule has 1 aromatic carbocycles. The third kappa shape index (κ3) is 4.90. The molecule has 0 radical (unpaired) electrons. The number of halogens is 1. The molecule has 4 rings (SSSR count). The first kappa shape index (κ1) is 23.4. The summed E-state index contributed by atoms with van der Waals surface area (Å²) in [5.41, 5.74) is 3.63. The van der Waals surface area contributed by atoms with E-state index in [9.17, 15) is 9.18 Å². The van der Waals surface area contributed by atoms with Crippen LogP contribution in [0, 0.1) is 12.7 Å². The second-order valence-corrected chi connectivity index (χ2v) is 8.78. The van der Waals surface area contributed by atoms with Crippen molar-refractivity contribution in [3.8, 4) is 5.69 Å². The zero-order valence-corrected chi connectivity index (χ0v) is 19.9. The van der Waals surface area contributed by atoms with Crippen LogP contribution in [0.4, 0.5) is 10.2 Å². The summed E-state index contributed by atoms with van der Waals surface area (Å²) in [6.07, 6.45) is 7.65. The number of aliphatic imine (C=N–C) groups is 1. The first-order valence-corrected chi connectivity index (χ1v) is 11.3. The fraction of sp³-hybridized carbons (Fsp3) is 0.308. The van der Waals surface area contributed by atoms with E-state index in [0.717, 1.165) is 24.1 Å². The molecule has 176 valence electrons. The number of hydrogen-bond donors (Lipinski definition) is 1. The molecule has 1 N–H and O–H groups in total. The van der Waals surface area contributed by atoms with Gasteiger partial charge in [0.15, 0.2) is 0 Å². The Balaban J connectivity index is 1.58. The maximum absolute atomic E-state index is 14.8. The van der Waals surface area contributed by atoms with Gasteiger partial charge in [-0.15, -0.1) is 0 Å². The number of nitrogens with zero attached hydrogens (tertiary/aromatic N) is 5. The molecule has 0 saturated heterocycles. The van der Waals surface area contributed by atoms with Gasteiger partial charge in [0.25, 0.3) is 5.91 Å². The van der Waals surface area contributed by atoms with Crippen LogP contribution in [0.5, 0.6) is 0 Å². The summed E-state index contributed by atoms with van der Waals surface area (Å²) in [4.78, 5) is 27.9. The van der Waals surface area contributed by atoms with Crippen molar-refractivity contribution in [1.29, 1.82) is 0 Å². The van der Waals surface area contributed by atoms with Crippen molar-refractivity contribution in [2.24, 2.45) is 4.99 Å². The number of amides is 1. The highest BCUT2D eigenvalue weighted by Gasteiger charge is 2.26. The van der Waals surface area contributed by atoms with E-state index in [1.54, 1.807) is 44.0 Å². The van der Waals surface area contributed by atoms with Crippen LogP contribution in [-0.2, 0) is 0 Å². The number of nitrogens with one attached hydrogen (secondary N) is 1. The van der Waals surface area contributed by atoms with E-state index in [1.807, 2.05) is 36.4 Å². The van der Waals surface area contributed by atoms with E-state index in [1.165, 1.54) is 6.07 Å². The highest BCUT2D eigenvalue weighted by atomic mass is 19.1. The number of imidazole rings is 1. The zero-order valence-electron chi connectivity index (χ0n) is 19.9. The van der Waals surface area contributed by atoms with Crippen LogP contribution in [0.3, 0.4) is 0 Å². The van der Waals surface area contributed by atoms with Crippen LogP contribution in [0.1, 0.15) is 59.9 Å². The van der Waals surface area contributed by atoms with Crippen molar-refractivity contribution in [3.63, 3.8) is 0 Å². The van der Waals surface area contributed by atoms with E-state index in [0.29, 0.717) is 28.8 Å². The maximum atomic E-state index is 14.8. The molecule has 1 aliphatic rings. The summed E-state index contributed by atoms with van der Waals surface area (Å²) in [5.74, 6) is -0.353. The van der Waals surface area contributed by atoms with Gasteiger partial charge in [0.1, 0.15) is 11.6 Å². The lowest BCUT2D eigenvalue weighted by Crippen LogP contribution is -2.28. The van der Waals surface area contributed by atoms with Gasteiger partial charge in [-0.25, -0.2) is 14.4 Å². The molecule has 0 atom stereocenters. The van der Waals surface area contributed by atoms with E-state index < -0.39 is 11.7 Å². The molecule has 1 aliphatic carbocycles. The van der Waals surface area contributed by atoms with Gasteiger partial charge in [0.2, 0.25) is 0 Å². The molecule has 1 saturated carbocycles. The Labute approximate surface area is 199 Å². The quantitative estimate of drug-likeness (QED) is 0.371. The Morgan fingerprint density at radius 3 is 2.79 bits per heavy atom. The Morgan fingerprint density at radius 2 is 2.12 bits per heavy atom. The molecule has 3 aromatic rings. The van der Waals surface area contributed by atoms with Crippen molar-refractivity contribution >= 4 is 23.8 Å². The SMILES string of the molecule is C=C(c1cccc(NC(=O)c2cc(-n3cnc(C4CC4)c3)c(C)cc2F)n1)N(/C=N\C)C(C)C. The number of carbonyl (C=O) groups excluding carboxylic acids is 1. The van der Waals surface area contributed by atoms with Crippen LogP contribution in [-0.4, -0.2) is 44.8 Å². The standard InChI is InChI=1S/C26H29FN6O/c1-16(2)33(14-28-5)18(4)22-7-6-8-25(30-22)31-26(34)20-12-24(17(3)11-21(20)27)32-13-23(29-15-32)19-9-10-19/h6-8,11-16,19H,4,9-10H2,1-3,5H3,(H,30,31,34)/b28-14-. The number of aryl methyl sites for hydroxylation is 1. The Hall–Kier alpha value is -3.81. The number of benzene rings is 1. The zero-order chi connectivity index (χ0) is 24.4. The molecule has 8 heteroatoms. The molecule has 7 nitrogen and oxygen atoms in total. The topological polar surface area (TPSA) is 75.4 Å². The van der Waals surface area contributed by atoms with Crippen molar-refractivity contribution in [1.82, 2.24) is 19.4 Å². The van der Waals surface area contributed by atoms with Crippen molar-refractivity contribution < 1.29 is 9.18 Å². The summed E-state index contributed by atoms with van der Waals surface area (Å²) in [6, 6.07) is 8.29. The molecule has 0 spiro atoms. The van der Waals surface area contributed by atoms with Crippen LogP contribution in [0.15, 0.2) is 54.4 Å². The van der Waals surface area contributed by atoms with Crippen LogP contribution >= 0.6 is 0 Å². The highest BCUT2D eigenvalue weighted by molar-refractivity contribution is 6.04. The van der Waals surface area contributed by atoms with E-state index >= 15 is 0 Å². The first-order chi connectivity index (χ1) is 16.3.